The van der Waals surface area contributed by atoms with Crippen LogP contribution in [0.3, 0.4) is 0 Å². The first-order valence-corrected chi connectivity index (χ1v) is 5.04. The topological polar surface area (TPSA) is 57.6 Å². The molecule has 0 heterocycles. The lowest BCUT2D eigenvalue weighted by atomic mass is 10.2. The van der Waals surface area contributed by atoms with Crippen LogP contribution in [0, 0.1) is 0 Å². The highest BCUT2D eigenvalue weighted by Gasteiger charge is 2.21. The van der Waals surface area contributed by atoms with Crippen molar-refractivity contribution in [2.45, 2.75) is 38.0 Å². The molecule has 0 bridgehead atoms. The highest BCUT2D eigenvalue weighted by atomic mass is 32.1. The van der Waals surface area contributed by atoms with E-state index in [0.717, 1.165) is 0 Å². The molecular formula is C9H17NO3S. The second-order valence-electron chi connectivity index (χ2n) is 3.41. The van der Waals surface area contributed by atoms with Crippen LogP contribution in [0.1, 0.15) is 26.7 Å². The quantitative estimate of drug-likeness (QED) is 0.679. The van der Waals surface area contributed by atoms with Gasteiger partial charge >= 0.3 is 5.97 Å². The second kappa shape index (κ2) is 5.90. The van der Waals surface area contributed by atoms with E-state index in [2.05, 4.69) is 12.6 Å². The number of rotatable bonds is 5. The summed E-state index contributed by atoms with van der Waals surface area (Å²) in [6.45, 7) is 3.39. The average molecular weight is 219 g/mol. The lowest BCUT2D eigenvalue weighted by Crippen LogP contribution is -2.40. The van der Waals surface area contributed by atoms with Crippen LogP contribution in [0.4, 0.5) is 0 Å². The van der Waals surface area contributed by atoms with Gasteiger partial charge in [-0.25, -0.2) is 4.79 Å². The van der Waals surface area contributed by atoms with Gasteiger partial charge in [-0.05, 0) is 18.6 Å². The van der Waals surface area contributed by atoms with Gasteiger partial charge < -0.3 is 10.0 Å². The van der Waals surface area contributed by atoms with Crippen molar-refractivity contribution >= 4 is 24.5 Å². The van der Waals surface area contributed by atoms with Crippen molar-refractivity contribution in [1.29, 1.82) is 0 Å². The van der Waals surface area contributed by atoms with Crippen molar-refractivity contribution in [2.24, 2.45) is 0 Å². The number of hydrogen-bond donors (Lipinski definition) is 2. The Balaban J connectivity index is 4.05. The molecule has 0 fully saturated rings. The maximum absolute atomic E-state index is 11.4. The fourth-order valence-corrected chi connectivity index (χ4v) is 1.02. The summed E-state index contributed by atoms with van der Waals surface area (Å²) in [6.07, 6.45) is 1.01. The Labute approximate surface area is 89.7 Å². The Bertz CT molecular complexity index is 218. The van der Waals surface area contributed by atoms with Crippen LogP contribution in [-0.4, -0.2) is 40.2 Å². The lowest BCUT2D eigenvalue weighted by Gasteiger charge is -2.21. The van der Waals surface area contributed by atoms with Crippen LogP contribution < -0.4 is 0 Å². The molecule has 5 heteroatoms. The van der Waals surface area contributed by atoms with E-state index in [-0.39, 0.29) is 11.2 Å². The fraction of sp³-hybridized carbons (Fsp3) is 0.778. The first-order chi connectivity index (χ1) is 6.36. The molecule has 82 valence electrons. The molecule has 0 aliphatic heterocycles. The summed E-state index contributed by atoms with van der Waals surface area (Å²) in [5, 5.41) is 8.83. The summed E-state index contributed by atoms with van der Waals surface area (Å²) in [4.78, 5) is 23.2. The van der Waals surface area contributed by atoms with Crippen LogP contribution in [0.15, 0.2) is 0 Å². The van der Waals surface area contributed by atoms with Gasteiger partial charge in [-0.3, -0.25) is 4.79 Å². The maximum atomic E-state index is 11.4. The molecule has 0 spiro atoms. The first-order valence-electron chi connectivity index (χ1n) is 4.52. The number of carboxylic acid groups (broad SMARTS) is 1. The molecule has 1 amide bonds. The molecule has 0 rings (SSSR count). The molecule has 0 saturated carbocycles. The van der Waals surface area contributed by atoms with E-state index in [1.54, 1.807) is 0 Å². The Kier molecular flexibility index (Phi) is 5.60. The third-order valence-electron chi connectivity index (χ3n) is 2.11. The molecule has 0 aliphatic rings. The van der Waals surface area contributed by atoms with Crippen molar-refractivity contribution in [2.75, 3.05) is 7.05 Å². The molecule has 1 unspecified atom stereocenters. The van der Waals surface area contributed by atoms with Gasteiger partial charge in [0.1, 0.15) is 6.04 Å². The Morgan fingerprint density at radius 3 is 2.29 bits per heavy atom. The number of aliphatic carboxylic acids is 1. The number of carbonyl (C=O) groups excluding carboxylic acids is 1. The molecule has 4 nitrogen and oxygen atoms in total. The van der Waals surface area contributed by atoms with Crippen molar-refractivity contribution < 1.29 is 14.7 Å². The van der Waals surface area contributed by atoms with Crippen LogP contribution in [-0.2, 0) is 9.59 Å². The van der Waals surface area contributed by atoms with Gasteiger partial charge in [-0.15, -0.1) is 0 Å². The van der Waals surface area contributed by atoms with E-state index in [0.29, 0.717) is 12.8 Å². The summed E-state index contributed by atoms with van der Waals surface area (Å²) in [5.41, 5.74) is 0. The van der Waals surface area contributed by atoms with Crippen LogP contribution >= 0.6 is 12.6 Å². The molecule has 0 radical (unpaired) electrons. The number of carboxylic acids is 1. The summed E-state index contributed by atoms with van der Waals surface area (Å²) in [6, 6.07) is -0.766. The normalized spacial score (nSPS) is 14.6. The van der Waals surface area contributed by atoms with E-state index in [1.807, 2.05) is 6.92 Å². The number of amides is 1. The summed E-state index contributed by atoms with van der Waals surface area (Å²) < 4.78 is 0. The highest BCUT2D eigenvalue weighted by Crippen LogP contribution is 2.07. The number of carbonyl (C=O) groups is 2. The van der Waals surface area contributed by atoms with E-state index in [4.69, 9.17) is 5.11 Å². The predicted octanol–water partition coefficient (Wildman–Crippen LogP) is 1.02. The molecule has 2 atom stereocenters. The zero-order valence-corrected chi connectivity index (χ0v) is 9.62. The van der Waals surface area contributed by atoms with E-state index in [1.165, 1.54) is 18.9 Å². The summed E-state index contributed by atoms with van der Waals surface area (Å²) in [5.74, 6) is -1.14. The van der Waals surface area contributed by atoms with Crippen LogP contribution in [0.5, 0.6) is 0 Å². The molecule has 1 N–H and O–H groups in total. The molecule has 0 aliphatic carbocycles. The SMILES string of the molecule is CC(S)CCC(=O)N(C)[C@@H](C)C(=O)O. The van der Waals surface area contributed by atoms with Crippen LogP contribution in [0.2, 0.25) is 0 Å². The van der Waals surface area contributed by atoms with Crippen molar-refractivity contribution in [3.05, 3.63) is 0 Å². The number of likely N-dealkylation sites (N-methyl/N-ethyl adjacent to an activating group) is 1. The smallest absolute Gasteiger partial charge is 0.326 e. The Morgan fingerprint density at radius 1 is 1.43 bits per heavy atom. The zero-order chi connectivity index (χ0) is 11.3. The molecule has 14 heavy (non-hydrogen) atoms. The highest BCUT2D eigenvalue weighted by molar-refractivity contribution is 7.80. The second-order valence-corrected chi connectivity index (χ2v) is 4.29. The minimum Gasteiger partial charge on any atom is -0.480 e. The molecule has 0 aromatic heterocycles. The maximum Gasteiger partial charge on any atom is 0.326 e. The van der Waals surface area contributed by atoms with Gasteiger partial charge in [-0.1, -0.05) is 6.92 Å². The molecule has 0 aromatic carbocycles. The lowest BCUT2D eigenvalue weighted by molar-refractivity contribution is -0.148. The summed E-state index contributed by atoms with van der Waals surface area (Å²) in [7, 11) is 1.50. The third kappa shape index (κ3) is 4.50. The van der Waals surface area contributed by atoms with E-state index in [9.17, 15) is 9.59 Å². The summed E-state index contributed by atoms with van der Waals surface area (Å²) >= 11 is 4.15. The molecule has 0 saturated heterocycles. The van der Waals surface area contributed by atoms with Gasteiger partial charge in [0.05, 0.1) is 0 Å². The predicted molar refractivity (Wildman–Crippen MR) is 57.5 cm³/mol. The fourth-order valence-electron chi connectivity index (χ4n) is 0.890. The van der Waals surface area contributed by atoms with Gasteiger partial charge in [-0.2, -0.15) is 12.6 Å². The van der Waals surface area contributed by atoms with Gasteiger partial charge in [0.15, 0.2) is 0 Å². The molecule has 0 aromatic rings. The Morgan fingerprint density at radius 2 is 1.93 bits per heavy atom. The number of thiol groups is 1. The third-order valence-corrected chi connectivity index (χ3v) is 2.37. The number of nitrogens with zero attached hydrogens (tertiary/aromatic N) is 1. The first kappa shape index (κ1) is 13.3. The van der Waals surface area contributed by atoms with Gasteiger partial charge in [0.2, 0.25) is 5.91 Å². The average Bonchev–Trinajstić information content (AvgIpc) is 2.11. The van der Waals surface area contributed by atoms with E-state index < -0.39 is 12.0 Å². The van der Waals surface area contributed by atoms with E-state index >= 15 is 0 Å². The van der Waals surface area contributed by atoms with Crippen LogP contribution in [0.25, 0.3) is 0 Å². The van der Waals surface area contributed by atoms with Crippen molar-refractivity contribution in [1.82, 2.24) is 4.90 Å². The molecular weight excluding hydrogens is 202 g/mol. The van der Waals surface area contributed by atoms with Crippen molar-refractivity contribution in [3.8, 4) is 0 Å². The van der Waals surface area contributed by atoms with Crippen molar-refractivity contribution in [3.63, 3.8) is 0 Å². The Hall–Kier alpha value is -0.710. The minimum atomic E-state index is -0.986. The number of hydrogen-bond acceptors (Lipinski definition) is 3. The van der Waals surface area contributed by atoms with Gasteiger partial charge in [0.25, 0.3) is 0 Å². The monoisotopic (exact) mass is 219 g/mol. The minimum absolute atomic E-state index is 0.152. The standard InChI is InChI=1S/C9H17NO3S/c1-6(14)4-5-8(11)10(3)7(2)9(12)13/h6-7,14H,4-5H2,1-3H3,(H,12,13)/t6?,7-/m0/s1. The largest absolute Gasteiger partial charge is 0.480 e. The zero-order valence-electron chi connectivity index (χ0n) is 8.73. The van der Waals surface area contributed by atoms with Gasteiger partial charge in [0, 0.05) is 13.5 Å².